The molecule has 0 saturated heterocycles. The SMILES string of the molecule is CCc1cccc(C(N)=O)c1-c1ccccc1. The molecule has 0 aromatic heterocycles. The predicted octanol–water partition coefficient (Wildman–Crippen LogP) is 3.01. The molecular weight excluding hydrogens is 210 g/mol. The largest absolute Gasteiger partial charge is 0.366 e. The van der Waals surface area contributed by atoms with Gasteiger partial charge in [-0.25, -0.2) is 0 Å². The number of hydrogen-bond donors (Lipinski definition) is 1. The van der Waals surface area contributed by atoms with Crippen LogP contribution in [0.4, 0.5) is 0 Å². The first-order valence-electron chi connectivity index (χ1n) is 5.71. The molecule has 0 aliphatic rings. The zero-order chi connectivity index (χ0) is 12.3. The van der Waals surface area contributed by atoms with E-state index < -0.39 is 0 Å². The quantitative estimate of drug-likeness (QED) is 0.857. The van der Waals surface area contributed by atoms with Crippen molar-refractivity contribution in [2.45, 2.75) is 13.3 Å². The van der Waals surface area contributed by atoms with Gasteiger partial charge in [0.2, 0.25) is 5.91 Å². The molecule has 0 heterocycles. The van der Waals surface area contributed by atoms with Crippen molar-refractivity contribution in [3.05, 3.63) is 59.7 Å². The minimum atomic E-state index is -0.376. The number of aryl methyl sites for hydroxylation is 1. The van der Waals surface area contributed by atoms with Crippen LogP contribution in [0.1, 0.15) is 22.8 Å². The van der Waals surface area contributed by atoms with E-state index in [4.69, 9.17) is 5.73 Å². The smallest absolute Gasteiger partial charge is 0.249 e. The number of benzene rings is 2. The van der Waals surface area contributed by atoms with Gasteiger partial charge in [0.25, 0.3) is 0 Å². The summed E-state index contributed by atoms with van der Waals surface area (Å²) in [7, 11) is 0. The highest BCUT2D eigenvalue weighted by atomic mass is 16.1. The summed E-state index contributed by atoms with van der Waals surface area (Å²) in [6.07, 6.45) is 0.880. The Labute approximate surface area is 101 Å². The second-order valence-electron chi connectivity index (χ2n) is 3.92. The number of rotatable bonds is 3. The molecule has 0 aliphatic heterocycles. The Balaban J connectivity index is 2.69. The molecule has 0 bridgehead atoms. The first-order chi connectivity index (χ1) is 8.24. The van der Waals surface area contributed by atoms with E-state index in [1.54, 1.807) is 6.07 Å². The minimum Gasteiger partial charge on any atom is -0.366 e. The molecule has 2 nitrogen and oxygen atoms in total. The van der Waals surface area contributed by atoms with Gasteiger partial charge in [0.1, 0.15) is 0 Å². The van der Waals surface area contributed by atoms with Crippen molar-refractivity contribution in [1.29, 1.82) is 0 Å². The van der Waals surface area contributed by atoms with E-state index in [1.807, 2.05) is 42.5 Å². The Morgan fingerprint density at radius 3 is 2.35 bits per heavy atom. The molecule has 0 atom stereocenters. The molecule has 2 aromatic rings. The van der Waals surface area contributed by atoms with Crippen molar-refractivity contribution in [2.24, 2.45) is 5.73 Å². The van der Waals surface area contributed by atoms with E-state index in [1.165, 1.54) is 0 Å². The van der Waals surface area contributed by atoms with Crippen molar-refractivity contribution in [1.82, 2.24) is 0 Å². The van der Waals surface area contributed by atoms with Crippen LogP contribution in [-0.4, -0.2) is 5.91 Å². The van der Waals surface area contributed by atoms with Gasteiger partial charge in [0.05, 0.1) is 0 Å². The predicted molar refractivity (Wildman–Crippen MR) is 69.8 cm³/mol. The highest BCUT2D eigenvalue weighted by Gasteiger charge is 2.12. The van der Waals surface area contributed by atoms with Crippen molar-refractivity contribution in [3.63, 3.8) is 0 Å². The van der Waals surface area contributed by atoms with Crippen LogP contribution in [0.25, 0.3) is 11.1 Å². The Bertz CT molecular complexity index is 532. The molecule has 0 aliphatic carbocycles. The maximum Gasteiger partial charge on any atom is 0.249 e. The van der Waals surface area contributed by atoms with Gasteiger partial charge in [-0.3, -0.25) is 4.79 Å². The lowest BCUT2D eigenvalue weighted by atomic mass is 9.93. The van der Waals surface area contributed by atoms with E-state index in [0.717, 1.165) is 23.1 Å². The van der Waals surface area contributed by atoms with Gasteiger partial charge < -0.3 is 5.73 Å². The van der Waals surface area contributed by atoms with E-state index in [0.29, 0.717) is 5.56 Å². The number of nitrogens with two attached hydrogens (primary N) is 1. The fourth-order valence-electron chi connectivity index (χ4n) is 2.05. The maximum absolute atomic E-state index is 11.5. The molecule has 2 N–H and O–H groups in total. The lowest BCUT2D eigenvalue weighted by molar-refractivity contribution is 0.100. The Morgan fingerprint density at radius 2 is 1.76 bits per heavy atom. The number of primary amides is 1. The molecule has 2 aromatic carbocycles. The first kappa shape index (κ1) is 11.4. The third-order valence-corrected chi connectivity index (χ3v) is 2.86. The Hall–Kier alpha value is -2.09. The summed E-state index contributed by atoms with van der Waals surface area (Å²) in [4.78, 5) is 11.5. The van der Waals surface area contributed by atoms with Gasteiger partial charge in [-0.2, -0.15) is 0 Å². The minimum absolute atomic E-state index is 0.376. The second-order valence-corrected chi connectivity index (χ2v) is 3.92. The summed E-state index contributed by atoms with van der Waals surface area (Å²) < 4.78 is 0. The zero-order valence-corrected chi connectivity index (χ0v) is 9.81. The molecule has 17 heavy (non-hydrogen) atoms. The molecule has 1 amide bonds. The highest BCUT2D eigenvalue weighted by molar-refractivity contribution is 6.00. The summed E-state index contributed by atoms with van der Waals surface area (Å²) in [6, 6.07) is 15.6. The number of carbonyl (C=O) groups is 1. The molecule has 86 valence electrons. The average Bonchev–Trinajstić information content (AvgIpc) is 2.38. The number of hydrogen-bond acceptors (Lipinski definition) is 1. The van der Waals surface area contributed by atoms with Crippen LogP contribution in [0.15, 0.2) is 48.5 Å². The van der Waals surface area contributed by atoms with E-state index in [9.17, 15) is 4.79 Å². The average molecular weight is 225 g/mol. The van der Waals surface area contributed by atoms with Gasteiger partial charge in [-0.1, -0.05) is 49.4 Å². The maximum atomic E-state index is 11.5. The second kappa shape index (κ2) is 4.83. The van der Waals surface area contributed by atoms with Gasteiger partial charge in [-0.15, -0.1) is 0 Å². The standard InChI is InChI=1S/C15H15NO/c1-2-11-9-6-10-13(15(16)17)14(11)12-7-4-3-5-8-12/h3-10H,2H2,1H3,(H2,16,17). The van der Waals surface area contributed by atoms with Crippen LogP contribution in [0.5, 0.6) is 0 Å². The molecule has 0 unspecified atom stereocenters. The topological polar surface area (TPSA) is 43.1 Å². The molecule has 0 spiro atoms. The number of carbonyl (C=O) groups excluding carboxylic acids is 1. The van der Waals surface area contributed by atoms with E-state index >= 15 is 0 Å². The molecule has 0 fully saturated rings. The van der Waals surface area contributed by atoms with E-state index in [2.05, 4.69) is 6.92 Å². The summed E-state index contributed by atoms with van der Waals surface area (Å²) in [5, 5.41) is 0. The van der Waals surface area contributed by atoms with Crippen molar-refractivity contribution < 1.29 is 4.79 Å². The molecule has 2 heteroatoms. The monoisotopic (exact) mass is 225 g/mol. The summed E-state index contributed by atoms with van der Waals surface area (Å²) in [5.74, 6) is -0.376. The summed E-state index contributed by atoms with van der Waals surface area (Å²) >= 11 is 0. The van der Waals surface area contributed by atoms with Crippen molar-refractivity contribution in [2.75, 3.05) is 0 Å². The first-order valence-corrected chi connectivity index (χ1v) is 5.71. The van der Waals surface area contributed by atoms with Crippen LogP contribution in [0.2, 0.25) is 0 Å². The molecular formula is C15H15NO. The van der Waals surface area contributed by atoms with Crippen LogP contribution >= 0.6 is 0 Å². The van der Waals surface area contributed by atoms with Gasteiger partial charge in [0, 0.05) is 5.56 Å². The van der Waals surface area contributed by atoms with Crippen LogP contribution in [0.3, 0.4) is 0 Å². The van der Waals surface area contributed by atoms with Gasteiger partial charge in [0.15, 0.2) is 0 Å². The summed E-state index contributed by atoms with van der Waals surface area (Å²) in [6.45, 7) is 2.08. The Kier molecular flexibility index (Phi) is 3.24. The lowest BCUT2D eigenvalue weighted by Gasteiger charge is -2.12. The van der Waals surface area contributed by atoms with Crippen molar-refractivity contribution in [3.8, 4) is 11.1 Å². The molecule has 2 rings (SSSR count). The van der Waals surface area contributed by atoms with E-state index in [-0.39, 0.29) is 5.91 Å². The highest BCUT2D eigenvalue weighted by Crippen LogP contribution is 2.27. The van der Waals surface area contributed by atoms with Crippen LogP contribution in [0, 0.1) is 0 Å². The fraction of sp³-hybridized carbons (Fsp3) is 0.133. The van der Waals surface area contributed by atoms with Gasteiger partial charge in [-0.05, 0) is 29.2 Å². The summed E-state index contributed by atoms with van der Waals surface area (Å²) in [5.41, 5.74) is 9.18. The molecule has 0 radical (unpaired) electrons. The molecule has 0 saturated carbocycles. The van der Waals surface area contributed by atoms with Crippen LogP contribution < -0.4 is 5.73 Å². The zero-order valence-electron chi connectivity index (χ0n) is 9.81. The number of amides is 1. The third kappa shape index (κ3) is 2.21. The lowest BCUT2D eigenvalue weighted by Crippen LogP contribution is -2.13. The normalized spacial score (nSPS) is 10.2. The third-order valence-electron chi connectivity index (χ3n) is 2.86. The Morgan fingerprint density at radius 1 is 1.06 bits per heavy atom. The fourth-order valence-corrected chi connectivity index (χ4v) is 2.05. The van der Waals surface area contributed by atoms with Crippen molar-refractivity contribution >= 4 is 5.91 Å². The van der Waals surface area contributed by atoms with Gasteiger partial charge >= 0.3 is 0 Å². The van der Waals surface area contributed by atoms with Crippen LogP contribution in [-0.2, 0) is 6.42 Å².